The molecule has 0 aliphatic carbocycles. The molecular weight excluding hydrogens is 928 g/mol. The van der Waals surface area contributed by atoms with Gasteiger partial charge < -0.3 is 24.2 Å². The highest BCUT2D eigenvalue weighted by Gasteiger charge is 2.28. The maximum Gasteiger partial charge on any atom is 0.472 e. The zero-order chi connectivity index (χ0) is 52.7. The average molecular weight is 1030 g/mol. The Hall–Kier alpha value is -3.60. The fourth-order valence-electron chi connectivity index (χ4n) is 7.19. The molecule has 72 heavy (non-hydrogen) atoms. The van der Waals surface area contributed by atoms with Gasteiger partial charge in [0.2, 0.25) is 0 Å². The van der Waals surface area contributed by atoms with Crippen LogP contribution in [-0.2, 0) is 42.2 Å². The second-order valence-electron chi connectivity index (χ2n) is 18.4. The molecule has 0 spiro atoms. The molecule has 0 fully saturated rings. The SMILES string of the molecule is CC/C=C\C/C=C\C/C=C\C/C=C\CCC(=O)OC(CO)COP(=O)(O)OCC(COC(=O)CCCCCCC/C=C\C/C=C\CCCCC)OC(=O)CCCCCCCCC/C=C\C/C=C\CCCCC. The number of hydrogen-bond acceptors (Lipinski definition) is 10. The third-order valence-electron chi connectivity index (χ3n) is 11.5. The van der Waals surface area contributed by atoms with Crippen LogP contribution in [0.15, 0.2) is 97.2 Å². The maximum absolute atomic E-state index is 12.9. The number of carbonyl (C=O) groups is 3. The lowest BCUT2D eigenvalue weighted by Crippen LogP contribution is -2.30. The first-order valence-electron chi connectivity index (χ1n) is 28.1. The highest BCUT2D eigenvalue weighted by molar-refractivity contribution is 7.47. The lowest BCUT2D eigenvalue weighted by atomic mass is 10.1. The van der Waals surface area contributed by atoms with Crippen LogP contribution in [0.1, 0.15) is 226 Å². The summed E-state index contributed by atoms with van der Waals surface area (Å²) in [5, 5.41) is 9.78. The number of phosphoric ester groups is 1. The summed E-state index contributed by atoms with van der Waals surface area (Å²) in [6, 6.07) is 0. The second-order valence-corrected chi connectivity index (χ2v) is 19.8. The molecule has 0 radical (unpaired) electrons. The van der Waals surface area contributed by atoms with E-state index in [1.54, 1.807) is 0 Å². The number of ether oxygens (including phenoxy) is 3. The van der Waals surface area contributed by atoms with Crippen LogP contribution in [0.25, 0.3) is 0 Å². The predicted octanol–water partition coefficient (Wildman–Crippen LogP) is 16.5. The van der Waals surface area contributed by atoms with Crippen LogP contribution in [-0.4, -0.2) is 66.5 Å². The van der Waals surface area contributed by atoms with Crippen LogP contribution >= 0.6 is 7.82 Å². The van der Waals surface area contributed by atoms with E-state index in [2.05, 4.69) is 106 Å². The molecule has 0 saturated heterocycles. The van der Waals surface area contributed by atoms with Crippen LogP contribution in [0.4, 0.5) is 0 Å². The fraction of sp³-hybridized carbons (Fsp3) is 0.683. The first-order chi connectivity index (χ1) is 35.2. The van der Waals surface area contributed by atoms with E-state index in [0.717, 1.165) is 109 Å². The molecule has 3 atom stereocenters. The molecule has 12 heteroatoms. The van der Waals surface area contributed by atoms with Crippen molar-refractivity contribution in [3.8, 4) is 0 Å². The van der Waals surface area contributed by atoms with Crippen molar-refractivity contribution in [1.29, 1.82) is 0 Å². The second kappa shape index (κ2) is 53.7. The summed E-state index contributed by atoms with van der Waals surface area (Å²) in [5.41, 5.74) is 0. The molecular formula is C60H101O11P. The van der Waals surface area contributed by atoms with E-state index in [1.165, 1.54) is 57.8 Å². The van der Waals surface area contributed by atoms with Crippen LogP contribution in [0.3, 0.4) is 0 Å². The number of rotatable bonds is 51. The van der Waals surface area contributed by atoms with Crippen molar-refractivity contribution in [1.82, 2.24) is 0 Å². The molecule has 0 rings (SSSR count). The van der Waals surface area contributed by atoms with E-state index in [9.17, 15) is 28.9 Å². The molecule has 0 aromatic heterocycles. The van der Waals surface area contributed by atoms with Crippen molar-refractivity contribution in [2.24, 2.45) is 0 Å². The minimum Gasteiger partial charge on any atom is -0.462 e. The van der Waals surface area contributed by atoms with E-state index in [4.69, 9.17) is 23.3 Å². The number of phosphoric acid groups is 1. The molecule has 0 aromatic carbocycles. The van der Waals surface area contributed by atoms with E-state index >= 15 is 0 Å². The Labute approximate surface area is 438 Å². The summed E-state index contributed by atoms with van der Waals surface area (Å²) in [6.07, 6.45) is 62.4. The van der Waals surface area contributed by atoms with Crippen LogP contribution in [0.5, 0.6) is 0 Å². The zero-order valence-electron chi connectivity index (χ0n) is 45.4. The number of unbranched alkanes of at least 4 members (excludes halogenated alkanes) is 18. The molecule has 0 bridgehead atoms. The third kappa shape index (κ3) is 51.3. The van der Waals surface area contributed by atoms with Gasteiger partial charge in [-0.2, -0.15) is 0 Å². The average Bonchev–Trinajstić information content (AvgIpc) is 3.37. The summed E-state index contributed by atoms with van der Waals surface area (Å²) in [5.74, 6) is -1.58. The Morgan fingerprint density at radius 1 is 0.403 bits per heavy atom. The molecule has 412 valence electrons. The maximum atomic E-state index is 12.9. The number of aliphatic hydroxyl groups is 1. The summed E-state index contributed by atoms with van der Waals surface area (Å²) < 4.78 is 39.4. The zero-order valence-corrected chi connectivity index (χ0v) is 46.3. The minimum atomic E-state index is -4.77. The van der Waals surface area contributed by atoms with Gasteiger partial charge in [-0.1, -0.05) is 195 Å². The van der Waals surface area contributed by atoms with Crippen molar-refractivity contribution in [3.05, 3.63) is 97.2 Å². The van der Waals surface area contributed by atoms with Crippen molar-refractivity contribution >= 4 is 25.7 Å². The molecule has 3 unspecified atom stereocenters. The van der Waals surface area contributed by atoms with Gasteiger partial charge in [-0.25, -0.2) is 4.57 Å². The van der Waals surface area contributed by atoms with Gasteiger partial charge in [0.25, 0.3) is 0 Å². The smallest absolute Gasteiger partial charge is 0.462 e. The van der Waals surface area contributed by atoms with Crippen LogP contribution < -0.4 is 0 Å². The standard InChI is InChI=1S/C60H101O11P/c1-4-7-10-13-16-19-22-25-27-28-30-33-36-39-42-45-48-51-60(64)71-57(53-67-58(62)49-46-43-40-37-34-32-29-26-23-20-17-14-11-8-5-2)55-69-72(65,66)68-54-56(52-61)70-59(63)50-47-44-41-38-35-31-24-21-18-15-12-9-6-3/h9,12,16-21,25-27,29,31,35,41,44,56-57,61H,4-8,10-11,13-15,22-24,28,30,32-34,36-40,42-43,45-55H2,1-3H3,(H,65,66)/b12-9-,19-16-,20-17-,21-18-,27-25-,29-26-,35-31-,44-41-. The quantitative estimate of drug-likeness (QED) is 0.0197. The van der Waals surface area contributed by atoms with E-state index in [0.29, 0.717) is 19.3 Å². The van der Waals surface area contributed by atoms with Gasteiger partial charge >= 0.3 is 25.7 Å². The molecule has 0 heterocycles. The number of esters is 3. The van der Waals surface area contributed by atoms with Gasteiger partial charge in [-0.15, -0.1) is 0 Å². The van der Waals surface area contributed by atoms with Crippen molar-refractivity contribution in [2.75, 3.05) is 26.4 Å². The first-order valence-corrected chi connectivity index (χ1v) is 29.6. The minimum absolute atomic E-state index is 0.0509. The lowest BCUT2D eigenvalue weighted by Gasteiger charge is -2.21. The Kier molecular flexibility index (Phi) is 51.0. The monoisotopic (exact) mass is 1030 g/mol. The summed E-state index contributed by atoms with van der Waals surface area (Å²) in [7, 11) is -4.77. The molecule has 0 aliphatic rings. The normalized spacial score (nSPS) is 14.1. The van der Waals surface area contributed by atoms with E-state index in [-0.39, 0.29) is 25.9 Å². The summed E-state index contributed by atoms with van der Waals surface area (Å²) in [6.45, 7) is 4.36. The largest absolute Gasteiger partial charge is 0.472 e. The van der Waals surface area contributed by atoms with Gasteiger partial charge in [-0.3, -0.25) is 23.4 Å². The lowest BCUT2D eigenvalue weighted by molar-refractivity contribution is -0.161. The highest BCUT2D eigenvalue weighted by Crippen LogP contribution is 2.43. The first kappa shape index (κ1) is 68.4. The van der Waals surface area contributed by atoms with Crippen LogP contribution in [0.2, 0.25) is 0 Å². The number of allylic oxidation sites excluding steroid dienone is 16. The van der Waals surface area contributed by atoms with Gasteiger partial charge in [0, 0.05) is 19.3 Å². The van der Waals surface area contributed by atoms with Gasteiger partial charge in [0.15, 0.2) is 6.10 Å². The third-order valence-corrected chi connectivity index (χ3v) is 12.4. The van der Waals surface area contributed by atoms with Crippen molar-refractivity contribution in [2.45, 2.75) is 238 Å². The number of hydrogen-bond donors (Lipinski definition) is 2. The van der Waals surface area contributed by atoms with Gasteiger partial charge in [-0.05, 0) is 109 Å². The Bertz CT molecular complexity index is 1580. The summed E-state index contributed by atoms with van der Waals surface area (Å²) in [4.78, 5) is 48.4. The van der Waals surface area contributed by atoms with Gasteiger partial charge in [0.1, 0.15) is 12.7 Å². The molecule has 0 aromatic rings. The Morgan fingerprint density at radius 2 is 0.750 bits per heavy atom. The molecule has 0 amide bonds. The number of aliphatic hydroxyl groups excluding tert-OH is 1. The van der Waals surface area contributed by atoms with Gasteiger partial charge in [0.05, 0.1) is 19.8 Å². The topological polar surface area (TPSA) is 155 Å². The molecule has 11 nitrogen and oxygen atoms in total. The number of carbonyl (C=O) groups excluding carboxylic acids is 3. The predicted molar refractivity (Wildman–Crippen MR) is 297 cm³/mol. The molecule has 0 aliphatic heterocycles. The van der Waals surface area contributed by atoms with Crippen molar-refractivity contribution in [3.63, 3.8) is 0 Å². The Balaban J connectivity index is 4.84. The Morgan fingerprint density at radius 3 is 1.19 bits per heavy atom. The fourth-order valence-corrected chi connectivity index (χ4v) is 7.98. The molecule has 2 N–H and O–H groups in total. The van der Waals surface area contributed by atoms with Crippen molar-refractivity contribution < 1.29 is 52.2 Å². The summed E-state index contributed by atoms with van der Waals surface area (Å²) >= 11 is 0. The van der Waals surface area contributed by atoms with E-state index < -0.39 is 57.8 Å². The van der Waals surface area contributed by atoms with E-state index in [1.807, 2.05) is 12.2 Å². The van der Waals surface area contributed by atoms with Crippen LogP contribution in [0, 0.1) is 0 Å². The molecule has 0 saturated carbocycles. The highest BCUT2D eigenvalue weighted by atomic mass is 31.2.